The van der Waals surface area contributed by atoms with Gasteiger partial charge in [-0.25, -0.2) is 14.8 Å². The van der Waals surface area contributed by atoms with Gasteiger partial charge in [0.2, 0.25) is 0 Å². The Bertz CT molecular complexity index is 1910. The van der Waals surface area contributed by atoms with Gasteiger partial charge in [-0.1, -0.05) is 36.4 Å². The van der Waals surface area contributed by atoms with Gasteiger partial charge in [0, 0.05) is 55.2 Å². The van der Waals surface area contributed by atoms with E-state index in [-0.39, 0.29) is 25.2 Å². The summed E-state index contributed by atoms with van der Waals surface area (Å²) in [7, 11) is 3.42. The van der Waals surface area contributed by atoms with Crippen LogP contribution in [0.2, 0.25) is 0 Å². The Morgan fingerprint density at radius 1 is 1.09 bits per heavy atom. The van der Waals surface area contributed by atoms with Crippen LogP contribution in [0.1, 0.15) is 16.9 Å². The third kappa shape index (κ3) is 5.36. The highest BCUT2D eigenvalue weighted by Crippen LogP contribution is 2.31. The quantitative estimate of drug-likeness (QED) is 0.297. The molecular weight excluding hydrogens is 548 g/mol. The molecule has 43 heavy (non-hydrogen) atoms. The van der Waals surface area contributed by atoms with Crippen LogP contribution in [0.3, 0.4) is 0 Å². The van der Waals surface area contributed by atoms with Gasteiger partial charge in [0.1, 0.15) is 17.3 Å². The number of benzene rings is 3. The molecule has 0 spiro atoms. The summed E-state index contributed by atoms with van der Waals surface area (Å²) >= 11 is 0. The monoisotopic (exact) mass is 576 g/mol. The lowest BCUT2D eigenvalue weighted by atomic mass is 10.1. The largest absolute Gasteiger partial charge is 0.497 e. The number of nitrogens with zero attached hydrogens (tertiary/aromatic N) is 7. The number of piperazine rings is 1. The number of anilines is 2. The van der Waals surface area contributed by atoms with Crippen LogP contribution in [0, 0.1) is 11.3 Å². The molecule has 5 aromatic rings. The standard InChI is InChI=1S/C31H28N8O4/c1-37-27-14-20(7-8-21(27)17-33-37)29-34-26(16-28(36-29)38-11-12-39(31(41)42)22(18-38)9-10-32)30(40)35-25-15-23(43-2)13-19-5-3-4-6-24(19)25/h3-8,13-17,22H,9,11-12,18H2,1-2H3,(H,35,40)(H,41,42)/t22-/m0/s1. The second-order valence-corrected chi connectivity index (χ2v) is 10.3. The number of rotatable bonds is 6. The number of aromatic nitrogens is 4. The lowest BCUT2D eigenvalue weighted by molar-refractivity contribution is 0.102. The molecule has 3 aromatic carbocycles. The first kappa shape index (κ1) is 27.5. The normalized spacial score (nSPS) is 15.0. The van der Waals surface area contributed by atoms with Crippen LogP contribution in [-0.2, 0) is 7.05 Å². The number of methoxy groups -OCH3 is 1. The summed E-state index contributed by atoms with van der Waals surface area (Å²) in [5.74, 6) is 0.951. The van der Waals surface area contributed by atoms with E-state index in [0.29, 0.717) is 35.2 Å². The summed E-state index contributed by atoms with van der Waals surface area (Å²) in [6, 6.07) is 20.2. The zero-order valence-electron chi connectivity index (χ0n) is 23.6. The fraction of sp³-hybridized carbons (Fsp3) is 0.226. The zero-order chi connectivity index (χ0) is 30.1. The molecule has 0 unspecified atom stereocenters. The molecule has 0 saturated carbocycles. The predicted molar refractivity (Wildman–Crippen MR) is 161 cm³/mol. The van der Waals surface area contributed by atoms with Crippen molar-refractivity contribution in [1.29, 1.82) is 5.26 Å². The van der Waals surface area contributed by atoms with Crippen LogP contribution in [0.15, 0.2) is 66.9 Å². The van der Waals surface area contributed by atoms with Crippen molar-refractivity contribution in [2.45, 2.75) is 12.5 Å². The Morgan fingerprint density at radius 3 is 2.72 bits per heavy atom. The first-order chi connectivity index (χ1) is 20.8. The number of amides is 2. The Hall–Kier alpha value is -5.70. The highest BCUT2D eigenvalue weighted by molar-refractivity contribution is 6.09. The van der Waals surface area contributed by atoms with Gasteiger partial charge in [-0.05, 0) is 17.5 Å². The number of hydrogen-bond acceptors (Lipinski definition) is 8. The molecule has 12 nitrogen and oxygen atoms in total. The molecule has 1 aliphatic heterocycles. The van der Waals surface area contributed by atoms with Gasteiger partial charge in [-0.2, -0.15) is 10.4 Å². The molecule has 6 rings (SSSR count). The van der Waals surface area contributed by atoms with E-state index >= 15 is 0 Å². The molecule has 3 heterocycles. The second kappa shape index (κ2) is 11.3. The van der Waals surface area contributed by atoms with Crippen molar-refractivity contribution >= 4 is 45.2 Å². The predicted octanol–water partition coefficient (Wildman–Crippen LogP) is 4.53. The zero-order valence-corrected chi connectivity index (χ0v) is 23.6. The lowest BCUT2D eigenvalue weighted by Crippen LogP contribution is -2.55. The van der Waals surface area contributed by atoms with Gasteiger partial charge < -0.3 is 25.0 Å². The molecule has 1 aliphatic rings. The van der Waals surface area contributed by atoms with Crippen molar-refractivity contribution in [3.63, 3.8) is 0 Å². The molecule has 0 aliphatic carbocycles. The third-order valence-electron chi connectivity index (χ3n) is 7.65. The van der Waals surface area contributed by atoms with Crippen molar-refractivity contribution in [1.82, 2.24) is 24.6 Å². The van der Waals surface area contributed by atoms with Crippen LogP contribution >= 0.6 is 0 Å². The van der Waals surface area contributed by atoms with Crippen LogP contribution in [0.4, 0.5) is 16.3 Å². The average Bonchev–Trinajstić information content (AvgIpc) is 3.40. The summed E-state index contributed by atoms with van der Waals surface area (Å²) in [4.78, 5) is 38.3. The minimum absolute atomic E-state index is 0.0359. The molecular formula is C31H28N8O4. The number of nitrogens with one attached hydrogen (secondary N) is 1. The molecule has 12 heteroatoms. The Labute approximate surface area is 246 Å². The molecule has 1 saturated heterocycles. The van der Waals surface area contributed by atoms with Crippen LogP contribution in [0.25, 0.3) is 33.1 Å². The first-order valence-corrected chi connectivity index (χ1v) is 13.7. The number of carbonyl (C=O) groups excluding carboxylic acids is 1. The number of aryl methyl sites for hydroxylation is 1. The van der Waals surface area contributed by atoms with Gasteiger partial charge in [0.25, 0.3) is 5.91 Å². The second-order valence-electron chi connectivity index (χ2n) is 10.3. The van der Waals surface area contributed by atoms with Crippen molar-refractivity contribution in [2.75, 3.05) is 37.0 Å². The van der Waals surface area contributed by atoms with Gasteiger partial charge >= 0.3 is 6.09 Å². The van der Waals surface area contributed by atoms with Crippen LogP contribution in [-0.4, -0.2) is 74.5 Å². The number of nitriles is 1. The van der Waals surface area contributed by atoms with E-state index in [4.69, 9.17) is 9.72 Å². The Kier molecular flexibility index (Phi) is 7.21. The Balaban J connectivity index is 1.42. The highest BCUT2D eigenvalue weighted by atomic mass is 16.5. The van der Waals surface area contributed by atoms with E-state index in [0.717, 1.165) is 21.7 Å². The summed E-state index contributed by atoms with van der Waals surface area (Å²) in [6.07, 6.45) is 0.734. The van der Waals surface area contributed by atoms with Gasteiger partial charge in [0.15, 0.2) is 5.82 Å². The SMILES string of the molecule is COc1cc(NC(=O)c2cc(N3CCN(C(=O)O)[C@@H](CC#N)C3)nc(-c3ccc4cnn(C)c4c3)n2)c2ccccc2c1. The van der Waals surface area contributed by atoms with Crippen molar-refractivity contribution in [3.8, 4) is 23.2 Å². The first-order valence-electron chi connectivity index (χ1n) is 13.7. The van der Waals surface area contributed by atoms with Crippen molar-refractivity contribution in [3.05, 3.63) is 72.6 Å². The minimum atomic E-state index is -1.07. The molecule has 2 amide bonds. The maximum absolute atomic E-state index is 13.8. The number of fused-ring (bicyclic) bond motifs is 2. The molecule has 0 bridgehead atoms. The van der Waals surface area contributed by atoms with E-state index in [1.807, 2.05) is 60.5 Å². The summed E-state index contributed by atoms with van der Waals surface area (Å²) in [5.41, 5.74) is 2.28. The maximum atomic E-state index is 13.8. The molecule has 1 fully saturated rings. The summed E-state index contributed by atoms with van der Waals surface area (Å²) in [5, 5.41) is 29.0. The number of carboxylic acid groups (broad SMARTS) is 1. The Morgan fingerprint density at radius 2 is 1.93 bits per heavy atom. The number of carbonyl (C=O) groups is 2. The fourth-order valence-corrected chi connectivity index (χ4v) is 5.41. The third-order valence-corrected chi connectivity index (χ3v) is 7.65. The van der Waals surface area contributed by atoms with E-state index in [1.165, 1.54) is 4.90 Å². The molecule has 2 N–H and O–H groups in total. The fourth-order valence-electron chi connectivity index (χ4n) is 5.41. The number of hydrogen-bond donors (Lipinski definition) is 2. The van der Waals surface area contributed by atoms with Crippen molar-refractivity contribution in [2.24, 2.45) is 7.05 Å². The maximum Gasteiger partial charge on any atom is 0.407 e. The molecule has 216 valence electrons. The molecule has 2 aromatic heterocycles. The van der Waals surface area contributed by atoms with E-state index < -0.39 is 18.0 Å². The minimum Gasteiger partial charge on any atom is -0.497 e. The topological polar surface area (TPSA) is 150 Å². The lowest BCUT2D eigenvalue weighted by Gasteiger charge is -2.39. The van der Waals surface area contributed by atoms with Crippen LogP contribution in [0.5, 0.6) is 5.75 Å². The smallest absolute Gasteiger partial charge is 0.407 e. The molecule has 0 radical (unpaired) electrons. The molecule has 1 atom stereocenters. The van der Waals surface area contributed by atoms with E-state index in [2.05, 4.69) is 21.5 Å². The van der Waals surface area contributed by atoms with Gasteiger partial charge in [0.05, 0.1) is 43.0 Å². The highest BCUT2D eigenvalue weighted by Gasteiger charge is 2.31. The summed E-state index contributed by atoms with van der Waals surface area (Å²) < 4.78 is 7.21. The summed E-state index contributed by atoms with van der Waals surface area (Å²) in [6.45, 7) is 0.783. The van der Waals surface area contributed by atoms with Gasteiger partial charge in [-0.3, -0.25) is 9.48 Å². The van der Waals surface area contributed by atoms with E-state index in [1.54, 1.807) is 30.1 Å². The number of ether oxygens (including phenoxy) is 1. The van der Waals surface area contributed by atoms with E-state index in [9.17, 15) is 20.0 Å². The average molecular weight is 577 g/mol. The van der Waals surface area contributed by atoms with Crippen LogP contribution < -0.4 is 15.0 Å². The van der Waals surface area contributed by atoms with Crippen molar-refractivity contribution < 1.29 is 19.4 Å². The van der Waals surface area contributed by atoms with Gasteiger partial charge in [-0.15, -0.1) is 0 Å².